The van der Waals surface area contributed by atoms with Crippen LogP contribution in [0.4, 0.5) is 0 Å². The molecule has 0 aliphatic heterocycles. The average Bonchev–Trinajstić information content (AvgIpc) is 2.75. The molecule has 1 aromatic carbocycles. The van der Waals surface area contributed by atoms with Gasteiger partial charge < -0.3 is 14.3 Å². The fourth-order valence-corrected chi connectivity index (χ4v) is 4.32. The molecule has 0 radical (unpaired) electrons. The maximum absolute atomic E-state index is 12.8. The van der Waals surface area contributed by atoms with E-state index in [2.05, 4.69) is 4.98 Å². The molecule has 0 N–H and O–H groups in total. The fraction of sp³-hybridized carbons (Fsp3) is 0.519. The molecule has 5 heteroatoms. The van der Waals surface area contributed by atoms with Crippen LogP contribution in [0.15, 0.2) is 36.5 Å². The highest BCUT2D eigenvalue weighted by molar-refractivity contribution is 5.96. The van der Waals surface area contributed by atoms with E-state index in [1.54, 1.807) is 18.3 Å². The molecule has 1 fully saturated rings. The summed E-state index contributed by atoms with van der Waals surface area (Å²) in [6.07, 6.45) is 10.0. The topological polar surface area (TPSA) is 65.5 Å². The third kappa shape index (κ3) is 6.41. The third-order valence-corrected chi connectivity index (χ3v) is 5.99. The number of rotatable bonds is 8. The van der Waals surface area contributed by atoms with Crippen molar-refractivity contribution < 1.29 is 19.1 Å². The van der Waals surface area contributed by atoms with Crippen molar-refractivity contribution in [1.29, 1.82) is 0 Å². The van der Waals surface area contributed by atoms with Crippen molar-refractivity contribution in [3.8, 4) is 17.0 Å². The van der Waals surface area contributed by atoms with Crippen LogP contribution in [-0.2, 0) is 9.53 Å². The molecule has 0 bridgehead atoms. The number of esters is 1. The number of benzene rings is 1. The molecular formula is C27H35NO4. The number of pyridine rings is 1. The minimum atomic E-state index is -0.573. The molecule has 0 unspecified atom stereocenters. The SMILES string of the molecule is Cc1c(OC2CCC(CCCC=O)CC2)cccc1-c1ncccc1C(=O)OC(C)(C)C. The summed E-state index contributed by atoms with van der Waals surface area (Å²) in [7, 11) is 0. The van der Waals surface area contributed by atoms with E-state index in [-0.39, 0.29) is 12.1 Å². The summed E-state index contributed by atoms with van der Waals surface area (Å²) in [5, 5.41) is 0. The number of aromatic nitrogens is 1. The summed E-state index contributed by atoms with van der Waals surface area (Å²) >= 11 is 0. The number of aldehydes is 1. The van der Waals surface area contributed by atoms with Crippen LogP contribution < -0.4 is 4.74 Å². The van der Waals surface area contributed by atoms with Gasteiger partial charge in [0, 0.05) is 23.7 Å². The Hall–Kier alpha value is -2.69. The van der Waals surface area contributed by atoms with Crippen LogP contribution in [0.5, 0.6) is 5.75 Å². The Kier molecular flexibility index (Phi) is 8.05. The lowest BCUT2D eigenvalue weighted by atomic mass is 9.84. The summed E-state index contributed by atoms with van der Waals surface area (Å²) in [6.45, 7) is 7.59. The van der Waals surface area contributed by atoms with Crippen molar-refractivity contribution in [2.24, 2.45) is 5.92 Å². The zero-order valence-electron chi connectivity index (χ0n) is 19.7. The van der Waals surface area contributed by atoms with Gasteiger partial charge in [0.15, 0.2) is 0 Å². The van der Waals surface area contributed by atoms with Crippen molar-refractivity contribution in [2.45, 2.75) is 84.3 Å². The van der Waals surface area contributed by atoms with Crippen LogP contribution in [0, 0.1) is 12.8 Å². The van der Waals surface area contributed by atoms with Crippen LogP contribution in [0.3, 0.4) is 0 Å². The van der Waals surface area contributed by atoms with Gasteiger partial charge in [-0.05, 0) is 83.9 Å². The van der Waals surface area contributed by atoms with Gasteiger partial charge >= 0.3 is 5.97 Å². The lowest BCUT2D eigenvalue weighted by molar-refractivity contribution is -0.108. The van der Waals surface area contributed by atoms with Gasteiger partial charge in [-0.2, -0.15) is 0 Å². The largest absolute Gasteiger partial charge is 0.490 e. The summed E-state index contributed by atoms with van der Waals surface area (Å²) in [4.78, 5) is 27.8. The molecule has 0 saturated heterocycles. The Labute approximate surface area is 191 Å². The fourth-order valence-electron chi connectivity index (χ4n) is 4.32. The van der Waals surface area contributed by atoms with Gasteiger partial charge in [0.05, 0.1) is 17.4 Å². The average molecular weight is 438 g/mol. The number of nitrogens with zero attached hydrogens (tertiary/aromatic N) is 1. The van der Waals surface area contributed by atoms with Gasteiger partial charge in [0.25, 0.3) is 0 Å². The van der Waals surface area contributed by atoms with Crippen LogP contribution in [0.2, 0.25) is 0 Å². The first-order valence-electron chi connectivity index (χ1n) is 11.7. The van der Waals surface area contributed by atoms with Crippen molar-refractivity contribution in [2.75, 3.05) is 0 Å². The predicted octanol–water partition coefficient (Wildman–Crippen LogP) is 6.32. The number of hydrogen-bond acceptors (Lipinski definition) is 5. The number of carbonyl (C=O) groups excluding carboxylic acids is 2. The van der Waals surface area contributed by atoms with Gasteiger partial charge in [-0.15, -0.1) is 0 Å². The van der Waals surface area contributed by atoms with Crippen molar-refractivity contribution in [3.63, 3.8) is 0 Å². The van der Waals surface area contributed by atoms with Crippen molar-refractivity contribution in [1.82, 2.24) is 4.98 Å². The van der Waals surface area contributed by atoms with Gasteiger partial charge in [0.1, 0.15) is 17.6 Å². The molecule has 1 saturated carbocycles. The second-order valence-electron chi connectivity index (χ2n) is 9.69. The van der Waals surface area contributed by atoms with Crippen molar-refractivity contribution >= 4 is 12.3 Å². The molecule has 5 nitrogen and oxygen atoms in total. The number of ether oxygens (including phenoxy) is 2. The molecule has 2 aromatic rings. The zero-order valence-corrected chi connectivity index (χ0v) is 19.7. The lowest BCUT2D eigenvalue weighted by Gasteiger charge is -2.29. The molecule has 0 atom stereocenters. The van der Waals surface area contributed by atoms with Gasteiger partial charge in [-0.1, -0.05) is 18.6 Å². The smallest absolute Gasteiger partial charge is 0.340 e. The van der Waals surface area contributed by atoms with Crippen LogP contribution in [-0.4, -0.2) is 28.9 Å². The summed E-state index contributed by atoms with van der Waals surface area (Å²) in [6, 6.07) is 9.44. The van der Waals surface area contributed by atoms with E-state index in [1.807, 2.05) is 45.9 Å². The molecule has 1 aliphatic carbocycles. The molecule has 1 heterocycles. The van der Waals surface area contributed by atoms with Crippen molar-refractivity contribution in [3.05, 3.63) is 47.7 Å². The second kappa shape index (κ2) is 10.8. The summed E-state index contributed by atoms with van der Waals surface area (Å²) in [5.74, 6) is 1.17. The first-order valence-corrected chi connectivity index (χ1v) is 11.7. The zero-order chi connectivity index (χ0) is 23.1. The van der Waals surface area contributed by atoms with E-state index in [4.69, 9.17) is 9.47 Å². The highest BCUT2D eigenvalue weighted by Gasteiger charge is 2.25. The molecule has 172 valence electrons. The molecule has 1 aromatic heterocycles. The molecular weight excluding hydrogens is 402 g/mol. The Morgan fingerprint density at radius 1 is 1.12 bits per heavy atom. The standard InChI is InChI=1S/C27H35NO4/c1-19-22(25-23(11-8-17-28-25)26(30)32-27(2,3)4)10-7-12-24(19)31-21-15-13-20(14-16-21)9-5-6-18-29/h7-8,10-12,17-18,20-21H,5-6,9,13-16H2,1-4H3. The van der Waals surface area contributed by atoms with Gasteiger partial charge in [-0.25, -0.2) is 4.79 Å². The van der Waals surface area contributed by atoms with Crippen LogP contribution >= 0.6 is 0 Å². The number of hydrogen-bond donors (Lipinski definition) is 0. The third-order valence-electron chi connectivity index (χ3n) is 5.99. The lowest BCUT2D eigenvalue weighted by Crippen LogP contribution is -2.25. The maximum Gasteiger partial charge on any atom is 0.340 e. The first kappa shape index (κ1) is 24.0. The monoisotopic (exact) mass is 437 g/mol. The highest BCUT2D eigenvalue weighted by Crippen LogP contribution is 2.35. The molecule has 1 aliphatic rings. The number of carbonyl (C=O) groups is 2. The van der Waals surface area contributed by atoms with Crippen LogP contribution in [0.25, 0.3) is 11.3 Å². The summed E-state index contributed by atoms with van der Waals surface area (Å²) < 4.78 is 12.0. The minimum Gasteiger partial charge on any atom is -0.490 e. The Morgan fingerprint density at radius 3 is 2.56 bits per heavy atom. The van der Waals surface area contributed by atoms with E-state index in [0.29, 0.717) is 23.6 Å². The molecule has 0 spiro atoms. The van der Waals surface area contributed by atoms with E-state index in [0.717, 1.165) is 61.7 Å². The second-order valence-corrected chi connectivity index (χ2v) is 9.69. The number of unbranched alkanes of at least 4 members (excludes halogenated alkanes) is 1. The molecule has 3 rings (SSSR count). The van der Waals surface area contributed by atoms with E-state index >= 15 is 0 Å². The Balaban J connectivity index is 1.73. The van der Waals surface area contributed by atoms with Gasteiger partial charge in [0.2, 0.25) is 0 Å². The quantitative estimate of drug-likeness (QED) is 0.275. The molecule has 32 heavy (non-hydrogen) atoms. The van der Waals surface area contributed by atoms with Crippen LogP contribution in [0.1, 0.15) is 81.6 Å². The van der Waals surface area contributed by atoms with E-state index < -0.39 is 5.60 Å². The van der Waals surface area contributed by atoms with E-state index in [9.17, 15) is 9.59 Å². The predicted molar refractivity (Wildman–Crippen MR) is 126 cm³/mol. The van der Waals surface area contributed by atoms with E-state index in [1.165, 1.54) is 0 Å². The maximum atomic E-state index is 12.8. The minimum absolute atomic E-state index is 0.195. The summed E-state index contributed by atoms with van der Waals surface area (Å²) in [5.41, 5.74) is 2.36. The first-order chi connectivity index (χ1) is 15.3. The Morgan fingerprint density at radius 2 is 1.88 bits per heavy atom. The highest BCUT2D eigenvalue weighted by atomic mass is 16.6. The normalized spacial score (nSPS) is 18.8. The molecule has 0 amide bonds. The van der Waals surface area contributed by atoms with Gasteiger partial charge in [-0.3, -0.25) is 4.98 Å². The Bertz CT molecular complexity index is 923.